The molecule has 0 spiro atoms. The summed E-state index contributed by atoms with van der Waals surface area (Å²) in [6, 6.07) is 22.0. The van der Waals surface area contributed by atoms with Crippen molar-refractivity contribution in [3.05, 3.63) is 89.5 Å². The Morgan fingerprint density at radius 2 is 1.79 bits per heavy atom. The average molecular weight is 459 g/mol. The number of hydrogen-bond donors (Lipinski definition) is 1. The van der Waals surface area contributed by atoms with E-state index >= 15 is 0 Å². The molecule has 1 heterocycles. The first kappa shape index (κ1) is 22.9. The van der Waals surface area contributed by atoms with Gasteiger partial charge in [0.2, 0.25) is 6.79 Å². The van der Waals surface area contributed by atoms with Crippen molar-refractivity contribution < 1.29 is 28.5 Å². The second-order valence-electron chi connectivity index (χ2n) is 7.65. The number of hydrogen-bond acceptors (Lipinski definition) is 6. The molecule has 0 radical (unpaired) electrons. The molecule has 0 saturated heterocycles. The van der Waals surface area contributed by atoms with E-state index in [-0.39, 0.29) is 13.3 Å². The third-order valence-corrected chi connectivity index (χ3v) is 5.27. The number of esters is 1. The van der Waals surface area contributed by atoms with Crippen LogP contribution in [0.3, 0.4) is 0 Å². The lowest BCUT2D eigenvalue weighted by Crippen LogP contribution is -2.35. The van der Waals surface area contributed by atoms with Crippen molar-refractivity contribution in [3.8, 4) is 17.2 Å². The molecule has 0 aromatic heterocycles. The average Bonchev–Trinajstić information content (AvgIpc) is 3.34. The summed E-state index contributed by atoms with van der Waals surface area (Å²) in [7, 11) is 1.58. The van der Waals surface area contributed by atoms with Crippen LogP contribution >= 0.6 is 0 Å². The van der Waals surface area contributed by atoms with Crippen LogP contribution < -0.4 is 19.5 Å². The molecule has 3 aromatic rings. The van der Waals surface area contributed by atoms with Gasteiger partial charge in [0.05, 0.1) is 12.7 Å². The zero-order valence-electron chi connectivity index (χ0n) is 18.9. The van der Waals surface area contributed by atoms with E-state index in [1.165, 1.54) is 0 Å². The molecule has 1 amide bonds. The molecular formula is C27H25NO6. The first-order valence-electron chi connectivity index (χ1n) is 10.8. The first-order valence-corrected chi connectivity index (χ1v) is 10.8. The molecule has 7 nitrogen and oxygen atoms in total. The highest BCUT2D eigenvalue weighted by atomic mass is 16.7. The minimum absolute atomic E-state index is 0.186. The van der Waals surface area contributed by atoms with Crippen LogP contribution in [-0.2, 0) is 20.9 Å². The number of methoxy groups -OCH3 is 1. The van der Waals surface area contributed by atoms with E-state index in [1.807, 2.05) is 66.7 Å². The fraction of sp³-hybridized carbons (Fsp3) is 0.185. The van der Waals surface area contributed by atoms with Gasteiger partial charge in [-0.2, -0.15) is 0 Å². The Kier molecular flexibility index (Phi) is 7.13. The molecule has 174 valence electrons. The summed E-state index contributed by atoms with van der Waals surface area (Å²) in [5.74, 6) is 0.986. The molecule has 3 aromatic carbocycles. The third kappa shape index (κ3) is 5.56. The maximum Gasteiger partial charge on any atom is 0.339 e. The summed E-state index contributed by atoms with van der Waals surface area (Å²) in [6.45, 7) is 1.99. The van der Waals surface area contributed by atoms with Crippen molar-refractivity contribution in [2.75, 3.05) is 13.9 Å². The Morgan fingerprint density at radius 3 is 2.59 bits per heavy atom. The Bertz CT molecular complexity index is 1200. The van der Waals surface area contributed by atoms with Crippen molar-refractivity contribution in [1.29, 1.82) is 0 Å². The van der Waals surface area contributed by atoms with Crippen molar-refractivity contribution in [1.82, 2.24) is 5.32 Å². The van der Waals surface area contributed by atoms with Crippen LogP contribution in [0.25, 0.3) is 11.6 Å². The number of carbonyl (C=O) groups excluding carboxylic acids is 2. The maximum atomic E-state index is 13.1. The second-order valence-corrected chi connectivity index (χ2v) is 7.65. The Labute approximate surface area is 197 Å². The highest BCUT2D eigenvalue weighted by Crippen LogP contribution is 2.32. The number of carbonyl (C=O) groups is 2. The number of benzene rings is 3. The minimum atomic E-state index is -0.987. The van der Waals surface area contributed by atoms with Crippen LogP contribution in [0.15, 0.2) is 72.8 Å². The summed E-state index contributed by atoms with van der Waals surface area (Å²) < 4.78 is 21.5. The number of rotatable bonds is 8. The molecule has 34 heavy (non-hydrogen) atoms. The Morgan fingerprint density at radius 1 is 1.00 bits per heavy atom. The molecule has 7 heteroatoms. The molecule has 0 aliphatic carbocycles. The molecule has 0 fully saturated rings. The molecule has 0 saturated carbocycles. The molecule has 1 N–H and O–H groups in total. The van der Waals surface area contributed by atoms with Crippen LogP contribution in [0.2, 0.25) is 0 Å². The van der Waals surface area contributed by atoms with Crippen LogP contribution in [0, 0.1) is 0 Å². The van der Waals surface area contributed by atoms with Gasteiger partial charge in [-0.3, -0.25) is 4.79 Å². The van der Waals surface area contributed by atoms with Crippen LogP contribution in [0.5, 0.6) is 17.2 Å². The largest absolute Gasteiger partial charge is 0.497 e. The van der Waals surface area contributed by atoms with Gasteiger partial charge in [-0.05, 0) is 54.0 Å². The molecule has 1 aliphatic rings. The van der Waals surface area contributed by atoms with Gasteiger partial charge in [0.25, 0.3) is 5.91 Å². The fourth-order valence-corrected chi connectivity index (χ4v) is 3.44. The first-order chi connectivity index (χ1) is 16.5. The van der Waals surface area contributed by atoms with Gasteiger partial charge >= 0.3 is 5.97 Å². The lowest BCUT2D eigenvalue weighted by molar-refractivity contribution is -0.149. The second kappa shape index (κ2) is 10.6. The van der Waals surface area contributed by atoms with Gasteiger partial charge in [-0.25, -0.2) is 4.79 Å². The summed E-state index contributed by atoms with van der Waals surface area (Å²) in [5, 5.41) is 2.79. The van der Waals surface area contributed by atoms with Crippen LogP contribution in [-0.4, -0.2) is 31.9 Å². The highest BCUT2D eigenvalue weighted by molar-refractivity contribution is 6.22. The lowest BCUT2D eigenvalue weighted by atomic mass is 10.0. The quantitative estimate of drug-likeness (QED) is 0.309. The monoisotopic (exact) mass is 459 g/mol. The van der Waals surface area contributed by atoms with Crippen LogP contribution in [0.1, 0.15) is 23.6 Å². The van der Waals surface area contributed by atoms with Gasteiger partial charge in [0.1, 0.15) is 5.75 Å². The van der Waals surface area contributed by atoms with Crippen molar-refractivity contribution >= 4 is 23.5 Å². The standard InChI is InChI=1S/C27H25NO6/c1-18(26(29)28-16-20-11-12-24-25(15-20)33-17-32-24)34-27(30)23(21-8-4-3-5-9-21)14-19-7-6-10-22(13-19)31-2/h3-15,18H,16-17H2,1-2H3,(H,28,29)/b23-14+/t18-/m1/s1. The smallest absolute Gasteiger partial charge is 0.339 e. The van der Waals surface area contributed by atoms with Crippen molar-refractivity contribution in [2.24, 2.45) is 0 Å². The third-order valence-electron chi connectivity index (χ3n) is 5.27. The molecule has 1 atom stereocenters. The fourth-order valence-electron chi connectivity index (χ4n) is 3.44. The van der Waals surface area contributed by atoms with Gasteiger partial charge < -0.3 is 24.3 Å². The lowest BCUT2D eigenvalue weighted by Gasteiger charge is -2.15. The van der Waals surface area contributed by atoms with E-state index in [1.54, 1.807) is 26.2 Å². The van der Waals surface area contributed by atoms with Crippen molar-refractivity contribution in [2.45, 2.75) is 19.6 Å². The van der Waals surface area contributed by atoms with E-state index in [0.29, 0.717) is 28.4 Å². The van der Waals surface area contributed by atoms with E-state index in [0.717, 1.165) is 11.1 Å². The van der Waals surface area contributed by atoms with Gasteiger partial charge in [0, 0.05) is 6.54 Å². The molecule has 4 rings (SSSR count). The van der Waals surface area contributed by atoms with Gasteiger partial charge in [-0.1, -0.05) is 48.5 Å². The zero-order valence-corrected chi connectivity index (χ0v) is 18.9. The summed E-state index contributed by atoms with van der Waals surface area (Å²) >= 11 is 0. The van der Waals surface area contributed by atoms with E-state index in [4.69, 9.17) is 18.9 Å². The summed E-state index contributed by atoms with van der Waals surface area (Å²) in [4.78, 5) is 25.7. The predicted octanol–water partition coefficient (Wildman–Crippen LogP) is 4.21. The molecule has 0 unspecified atom stereocenters. The van der Waals surface area contributed by atoms with Gasteiger partial charge in [0.15, 0.2) is 17.6 Å². The number of amides is 1. The van der Waals surface area contributed by atoms with Crippen molar-refractivity contribution in [3.63, 3.8) is 0 Å². The maximum absolute atomic E-state index is 13.1. The highest BCUT2D eigenvalue weighted by Gasteiger charge is 2.22. The Balaban J connectivity index is 1.45. The predicted molar refractivity (Wildman–Crippen MR) is 127 cm³/mol. The van der Waals surface area contributed by atoms with E-state index in [2.05, 4.69) is 5.32 Å². The Hall–Kier alpha value is -4.26. The number of fused-ring (bicyclic) bond motifs is 1. The number of nitrogens with one attached hydrogen (secondary N) is 1. The topological polar surface area (TPSA) is 83.1 Å². The van der Waals surface area contributed by atoms with Gasteiger partial charge in [-0.15, -0.1) is 0 Å². The molecule has 1 aliphatic heterocycles. The molecular weight excluding hydrogens is 434 g/mol. The van der Waals surface area contributed by atoms with E-state index in [9.17, 15) is 9.59 Å². The minimum Gasteiger partial charge on any atom is -0.497 e. The summed E-state index contributed by atoms with van der Waals surface area (Å²) in [5.41, 5.74) is 2.64. The molecule has 0 bridgehead atoms. The van der Waals surface area contributed by atoms with Crippen LogP contribution in [0.4, 0.5) is 0 Å². The zero-order chi connectivity index (χ0) is 23.9. The number of ether oxygens (including phenoxy) is 4. The normalized spacial score (nSPS) is 13.2. The summed E-state index contributed by atoms with van der Waals surface area (Å²) in [6.07, 6.45) is 0.733. The SMILES string of the molecule is COc1cccc(/C=C(/C(=O)O[C@H](C)C(=O)NCc2ccc3c(c2)OCO3)c2ccccc2)c1. The van der Waals surface area contributed by atoms with E-state index < -0.39 is 18.0 Å².